The van der Waals surface area contributed by atoms with E-state index in [2.05, 4.69) is 31.9 Å². The van der Waals surface area contributed by atoms with Crippen molar-refractivity contribution in [2.24, 2.45) is 0 Å². The molecule has 2 aromatic rings. The molecule has 0 unspecified atom stereocenters. The van der Waals surface area contributed by atoms with Crippen molar-refractivity contribution in [3.05, 3.63) is 54.1 Å². The maximum atomic E-state index is 12.0. The lowest BCUT2D eigenvalue weighted by Crippen LogP contribution is -1.97. The molecule has 0 aliphatic heterocycles. The Hall–Kier alpha value is -0.160. The molecule has 0 aliphatic carbocycles. The molecule has 1 heterocycles. The zero-order valence-electron chi connectivity index (χ0n) is 7.84. The topological polar surface area (TPSA) is 17.1 Å². The first kappa shape index (κ1) is 12.3. The third kappa shape index (κ3) is 2.56. The van der Waals surface area contributed by atoms with E-state index < -0.39 is 0 Å². The van der Waals surface area contributed by atoms with Gasteiger partial charge in [-0.1, -0.05) is 27.5 Å². The van der Waals surface area contributed by atoms with E-state index in [1.54, 1.807) is 18.2 Å². The van der Waals surface area contributed by atoms with Crippen molar-refractivity contribution in [2.75, 3.05) is 0 Å². The molecule has 0 aliphatic rings. The summed E-state index contributed by atoms with van der Waals surface area (Å²) in [5, 5.41) is 0.575. The Bertz CT molecular complexity index is 514. The zero-order chi connectivity index (χ0) is 11.7. The highest BCUT2D eigenvalue weighted by Gasteiger charge is 2.13. The van der Waals surface area contributed by atoms with Crippen LogP contribution in [0.1, 0.15) is 15.2 Å². The quantitative estimate of drug-likeness (QED) is 0.658. The number of thiophene rings is 1. The van der Waals surface area contributed by atoms with Crippen LogP contribution >= 0.6 is 54.8 Å². The lowest BCUT2D eigenvalue weighted by atomic mass is 10.1. The summed E-state index contributed by atoms with van der Waals surface area (Å²) in [7, 11) is 0. The van der Waals surface area contributed by atoms with E-state index in [0.717, 1.165) is 8.26 Å². The molecule has 0 fully saturated rings. The van der Waals surface area contributed by atoms with Gasteiger partial charge in [-0.15, -0.1) is 11.3 Å². The SMILES string of the molecule is O=C(c1ccc(Br)cc1)c1cc(Cl)c(Br)s1. The molecule has 1 aromatic carbocycles. The number of rotatable bonds is 2. The number of benzene rings is 1. The second-order valence-electron chi connectivity index (χ2n) is 3.07. The van der Waals surface area contributed by atoms with Gasteiger partial charge in [-0.2, -0.15) is 0 Å². The van der Waals surface area contributed by atoms with Crippen molar-refractivity contribution in [3.8, 4) is 0 Å². The summed E-state index contributed by atoms with van der Waals surface area (Å²) in [5.74, 6) is -0.00917. The Balaban J connectivity index is 2.35. The fourth-order valence-electron chi connectivity index (χ4n) is 1.20. The van der Waals surface area contributed by atoms with E-state index in [-0.39, 0.29) is 5.78 Å². The molecule has 82 valence electrons. The maximum Gasteiger partial charge on any atom is 0.203 e. The Labute approximate surface area is 119 Å². The molecular formula is C11H5Br2ClOS. The molecule has 0 atom stereocenters. The largest absolute Gasteiger partial charge is 0.288 e. The van der Waals surface area contributed by atoms with Crippen LogP contribution in [0.3, 0.4) is 0 Å². The van der Waals surface area contributed by atoms with Crippen LogP contribution in [0.5, 0.6) is 0 Å². The van der Waals surface area contributed by atoms with Gasteiger partial charge in [0.05, 0.1) is 13.7 Å². The molecule has 0 spiro atoms. The first-order valence-electron chi connectivity index (χ1n) is 4.33. The number of carbonyl (C=O) groups is 1. The van der Waals surface area contributed by atoms with Gasteiger partial charge >= 0.3 is 0 Å². The minimum Gasteiger partial charge on any atom is -0.288 e. The molecule has 0 N–H and O–H groups in total. The highest BCUT2D eigenvalue weighted by molar-refractivity contribution is 9.11. The van der Waals surface area contributed by atoms with E-state index in [0.29, 0.717) is 15.5 Å². The molecular weight excluding hydrogens is 375 g/mol. The van der Waals surface area contributed by atoms with Gasteiger partial charge in [0.2, 0.25) is 5.78 Å². The molecule has 1 nitrogen and oxygen atoms in total. The van der Waals surface area contributed by atoms with Gasteiger partial charge in [0, 0.05) is 10.0 Å². The number of halogens is 3. The van der Waals surface area contributed by atoms with Crippen molar-refractivity contribution in [1.82, 2.24) is 0 Å². The van der Waals surface area contributed by atoms with Crippen molar-refractivity contribution in [2.45, 2.75) is 0 Å². The lowest BCUT2D eigenvalue weighted by Gasteiger charge is -1.97. The third-order valence-corrected chi connectivity index (χ3v) is 4.98. The van der Waals surface area contributed by atoms with Gasteiger partial charge in [0.1, 0.15) is 0 Å². The summed E-state index contributed by atoms with van der Waals surface area (Å²) in [6.07, 6.45) is 0. The first-order chi connectivity index (χ1) is 7.58. The fraction of sp³-hybridized carbons (Fsp3) is 0. The van der Waals surface area contributed by atoms with Gasteiger partial charge < -0.3 is 0 Å². The Morgan fingerprint density at radius 2 is 1.81 bits per heavy atom. The summed E-state index contributed by atoms with van der Waals surface area (Å²) >= 11 is 13.9. The molecule has 2 rings (SSSR count). The molecule has 0 bridgehead atoms. The van der Waals surface area contributed by atoms with Crippen LogP contribution in [0.4, 0.5) is 0 Å². The van der Waals surface area contributed by atoms with Gasteiger partial charge in [-0.05, 0) is 46.3 Å². The normalized spacial score (nSPS) is 10.4. The first-order valence-corrected chi connectivity index (χ1v) is 7.11. The smallest absolute Gasteiger partial charge is 0.203 e. The lowest BCUT2D eigenvalue weighted by molar-refractivity contribution is 0.104. The number of ketones is 1. The van der Waals surface area contributed by atoms with Crippen LogP contribution in [-0.2, 0) is 0 Å². The molecule has 5 heteroatoms. The predicted molar refractivity (Wildman–Crippen MR) is 74.6 cm³/mol. The average Bonchev–Trinajstić information content (AvgIpc) is 2.59. The minimum atomic E-state index is -0.00917. The molecule has 0 amide bonds. The van der Waals surface area contributed by atoms with Crippen molar-refractivity contribution < 1.29 is 4.79 Å². The highest BCUT2D eigenvalue weighted by atomic mass is 79.9. The molecule has 0 saturated heterocycles. The van der Waals surface area contributed by atoms with Crippen molar-refractivity contribution in [3.63, 3.8) is 0 Å². The zero-order valence-corrected chi connectivity index (χ0v) is 12.6. The second-order valence-corrected chi connectivity index (χ2v) is 6.76. The van der Waals surface area contributed by atoms with E-state index in [9.17, 15) is 4.79 Å². The highest BCUT2D eigenvalue weighted by Crippen LogP contribution is 2.33. The molecule has 1 aromatic heterocycles. The fourth-order valence-corrected chi connectivity index (χ4v) is 3.13. The van der Waals surface area contributed by atoms with E-state index >= 15 is 0 Å². The maximum absolute atomic E-state index is 12.0. The molecule has 16 heavy (non-hydrogen) atoms. The molecule has 0 saturated carbocycles. The van der Waals surface area contributed by atoms with Crippen LogP contribution in [0.25, 0.3) is 0 Å². The van der Waals surface area contributed by atoms with Gasteiger partial charge in [-0.3, -0.25) is 4.79 Å². The van der Waals surface area contributed by atoms with Gasteiger partial charge in [-0.25, -0.2) is 0 Å². The van der Waals surface area contributed by atoms with Crippen LogP contribution < -0.4 is 0 Å². The third-order valence-electron chi connectivity index (χ3n) is 1.98. The number of carbonyl (C=O) groups excluding carboxylic acids is 1. The second kappa shape index (κ2) is 5.00. The van der Waals surface area contributed by atoms with Crippen LogP contribution in [0, 0.1) is 0 Å². The minimum absolute atomic E-state index is 0.00917. The van der Waals surface area contributed by atoms with E-state index in [1.807, 2.05) is 12.1 Å². The Morgan fingerprint density at radius 3 is 2.31 bits per heavy atom. The summed E-state index contributed by atoms with van der Waals surface area (Å²) in [5.41, 5.74) is 0.661. The van der Waals surface area contributed by atoms with E-state index in [1.165, 1.54) is 11.3 Å². The summed E-state index contributed by atoms with van der Waals surface area (Å²) < 4.78 is 1.74. The van der Waals surface area contributed by atoms with E-state index in [4.69, 9.17) is 11.6 Å². The van der Waals surface area contributed by atoms with Crippen LogP contribution in [-0.4, -0.2) is 5.78 Å². The number of hydrogen-bond acceptors (Lipinski definition) is 2. The summed E-state index contributed by atoms with van der Waals surface area (Å²) in [6, 6.07) is 8.94. The number of hydrogen-bond donors (Lipinski definition) is 0. The Kier molecular flexibility index (Phi) is 3.85. The molecule has 0 radical (unpaired) electrons. The van der Waals surface area contributed by atoms with Crippen molar-refractivity contribution in [1.29, 1.82) is 0 Å². The van der Waals surface area contributed by atoms with Crippen molar-refractivity contribution >= 4 is 60.6 Å². The monoisotopic (exact) mass is 378 g/mol. The standard InChI is InChI=1S/C11H5Br2ClOS/c12-7-3-1-6(2-4-7)10(15)9-5-8(14)11(13)16-9/h1-5H. The summed E-state index contributed by atoms with van der Waals surface area (Å²) in [6.45, 7) is 0. The average molecular weight is 380 g/mol. The predicted octanol–water partition coefficient (Wildman–Crippen LogP) is 5.16. The van der Waals surface area contributed by atoms with Gasteiger partial charge in [0.15, 0.2) is 0 Å². The van der Waals surface area contributed by atoms with Crippen LogP contribution in [0.15, 0.2) is 38.6 Å². The summed E-state index contributed by atoms with van der Waals surface area (Å²) in [4.78, 5) is 12.7. The van der Waals surface area contributed by atoms with Gasteiger partial charge in [0.25, 0.3) is 0 Å². The Morgan fingerprint density at radius 1 is 1.19 bits per heavy atom. The van der Waals surface area contributed by atoms with Crippen LogP contribution in [0.2, 0.25) is 5.02 Å².